The van der Waals surface area contributed by atoms with Crippen molar-refractivity contribution in [3.05, 3.63) is 71.9 Å². The Labute approximate surface area is 181 Å². The fraction of sp³-hybridized carbons (Fsp3) is 0.292. The Bertz CT molecular complexity index is 1050. The number of carbonyl (C=O) groups is 2. The molecule has 0 bridgehead atoms. The molecule has 1 aliphatic rings. The summed E-state index contributed by atoms with van der Waals surface area (Å²) in [6.45, 7) is 0.909. The lowest BCUT2D eigenvalue weighted by Crippen LogP contribution is -2.49. The van der Waals surface area contributed by atoms with Crippen LogP contribution in [0.3, 0.4) is 0 Å². The molecule has 2 aromatic carbocycles. The molecule has 0 saturated carbocycles. The van der Waals surface area contributed by atoms with Gasteiger partial charge in [0.2, 0.25) is 0 Å². The molecule has 7 heteroatoms. The number of H-pyrrole nitrogens is 1. The van der Waals surface area contributed by atoms with Gasteiger partial charge in [0.15, 0.2) is 0 Å². The number of amides is 1. The van der Waals surface area contributed by atoms with Gasteiger partial charge in [-0.2, -0.15) is 5.10 Å². The molecule has 0 atom stereocenters. The summed E-state index contributed by atoms with van der Waals surface area (Å²) in [6, 6.07) is 17.1. The zero-order chi connectivity index (χ0) is 21.8. The van der Waals surface area contributed by atoms with Gasteiger partial charge in [-0.15, -0.1) is 0 Å². The average Bonchev–Trinajstić information content (AvgIpc) is 3.33. The van der Waals surface area contributed by atoms with Crippen LogP contribution in [0.4, 0.5) is 0 Å². The number of hydrogen-bond donors (Lipinski definition) is 1. The van der Waals surface area contributed by atoms with E-state index in [0.29, 0.717) is 37.2 Å². The molecule has 7 nitrogen and oxygen atoms in total. The maximum atomic E-state index is 13.3. The number of piperidine rings is 1. The number of esters is 1. The summed E-state index contributed by atoms with van der Waals surface area (Å²) in [5.41, 5.74) is 2.22. The number of methoxy groups -OCH3 is 2. The molecule has 31 heavy (non-hydrogen) atoms. The van der Waals surface area contributed by atoms with E-state index in [1.54, 1.807) is 18.2 Å². The number of nitrogens with zero attached hydrogens (tertiary/aromatic N) is 2. The molecule has 0 spiro atoms. The van der Waals surface area contributed by atoms with Gasteiger partial charge in [0, 0.05) is 18.7 Å². The number of nitrogens with one attached hydrogen (secondary N) is 1. The van der Waals surface area contributed by atoms with E-state index < -0.39 is 5.41 Å². The Hall–Kier alpha value is -3.61. The first-order valence-electron chi connectivity index (χ1n) is 10.2. The first kappa shape index (κ1) is 20.7. The van der Waals surface area contributed by atoms with Gasteiger partial charge in [0.05, 0.1) is 37.1 Å². The number of aromatic nitrogens is 2. The Kier molecular flexibility index (Phi) is 5.75. The maximum Gasteiger partial charge on any atom is 0.316 e. The molecule has 1 fully saturated rings. The smallest absolute Gasteiger partial charge is 0.316 e. The first-order chi connectivity index (χ1) is 15.1. The molecule has 3 aromatic rings. The van der Waals surface area contributed by atoms with Gasteiger partial charge in [-0.1, -0.05) is 30.3 Å². The van der Waals surface area contributed by atoms with Gasteiger partial charge in [-0.3, -0.25) is 14.7 Å². The number of hydrogen-bond acceptors (Lipinski definition) is 5. The minimum absolute atomic E-state index is 0.105. The third kappa shape index (κ3) is 3.79. The summed E-state index contributed by atoms with van der Waals surface area (Å²) in [7, 11) is 3.03. The average molecular weight is 419 g/mol. The molecule has 160 valence electrons. The van der Waals surface area contributed by atoms with E-state index in [1.807, 2.05) is 54.6 Å². The van der Waals surface area contributed by atoms with Crippen molar-refractivity contribution in [2.24, 2.45) is 0 Å². The molecular weight excluding hydrogens is 394 g/mol. The van der Waals surface area contributed by atoms with Crippen molar-refractivity contribution in [1.82, 2.24) is 15.1 Å². The highest BCUT2D eigenvalue weighted by Gasteiger charge is 2.45. The molecule has 4 rings (SSSR count). The third-order valence-corrected chi connectivity index (χ3v) is 6.06. The van der Waals surface area contributed by atoms with Crippen LogP contribution < -0.4 is 4.74 Å². The van der Waals surface area contributed by atoms with Gasteiger partial charge in [-0.25, -0.2) is 0 Å². The SMILES string of the molecule is COC(=O)C1(c2ccccc2)CCN(C(=O)c2cn[nH]c2-c2ccc(OC)cc2)CC1. The fourth-order valence-electron chi connectivity index (χ4n) is 4.25. The highest BCUT2D eigenvalue weighted by molar-refractivity contribution is 6.00. The molecule has 1 amide bonds. The van der Waals surface area contributed by atoms with E-state index in [4.69, 9.17) is 9.47 Å². The van der Waals surface area contributed by atoms with E-state index in [-0.39, 0.29) is 11.9 Å². The third-order valence-electron chi connectivity index (χ3n) is 6.06. The van der Waals surface area contributed by atoms with Crippen LogP contribution in [-0.4, -0.2) is 54.3 Å². The minimum atomic E-state index is -0.734. The van der Waals surface area contributed by atoms with Crippen molar-refractivity contribution < 1.29 is 19.1 Å². The zero-order valence-corrected chi connectivity index (χ0v) is 17.6. The van der Waals surface area contributed by atoms with Crippen LogP contribution in [0.15, 0.2) is 60.8 Å². The standard InChI is InChI=1S/C24H25N3O4/c1-30-19-10-8-17(9-11-19)21-20(16-25-26-21)22(28)27-14-12-24(13-15-27,23(29)31-2)18-6-4-3-5-7-18/h3-11,16H,12-15H2,1-2H3,(H,25,26). The highest BCUT2D eigenvalue weighted by atomic mass is 16.5. The summed E-state index contributed by atoms with van der Waals surface area (Å²) in [6.07, 6.45) is 2.57. The van der Waals surface area contributed by atoms with Gasteiger partial charge >= 0.3 is 5.97 Å². The lowest BCUT2D eigenvalue weighted by molar-refractivity contribution is -0.149. The number of ether oxygens (including phenoxy) is 2. The normalized spacial score (nSPS) is 15.4. The number of rotatable bonds is 5. The van der Waals surface area contributed by atoms with Crippen molar-refractivity contribution >= 4 is 11.9 Å². The number of benzene rings is 2. The van der Waals surface area contributed by atoms with Crippen LogP contribution in [-0.2, 0) is 14.9 Å². The van der Waals surface area contributed by atoms with E-state index in [2.05, 4.69) is 10.2 Å². The molecule has 2 heterocycles. The van der Waals surface area contributed by atoms with E-state index in [0.717, 1.165) is 16.9 Å². The molecule has 1 aromatic heterocycles. The van der Waals surface area contributed by atoms with E-state index in [1.165, 1.54) is 7.11 Å². The molecular formula is C24H25N3O4. The van der Waals surface area contributed by atoms with Crippen molar-refractivity contribution in [2.45, 2.75) is 18.3 Å². The lowest BCUT2D eigenvalue weighted by atomic mass is 9.72. The van der Waals surface area contributed by atoms with Crippen LogP contribution in [0.1, 0.15) is 28.8 Å². The molecule has 1 aliphatic heterocycles. The largest absolute Gasteiger partial charge is 0.497 e. The predicted octanol–water partition coefficient (Wildman–Crippen LogP) is 3.43. The highest BCUT2D eigenvalue weighted by Crippen LogP contribution is 2.37. The molecule has 0 unspecified atom stereocenters. The topological polar surface area (TPSA) is 84.5 Å². The molecule has 1 N–H and O–H groups in total. The first-order valence-corrected chi connectivity index (χ1v) is 10.2. The van der Waals surface area contributed by atoms with Gasteiger partial charge in [0.25, 0.3) is 5.91 Å². The lowest BCUT2D eigenvalue weighted by Gasteiger charge is -2.40. The second-order valence-corrected chi connectivity index (χ2v) is 7.62. The second-order valence-electron chi connectivity index (χ2n) is 7.62. The van der Waals surface area contributed by atoms with Crippen molar-refractivity contribution in [3.8, 4) is 17.0 Å². The molecule has 0 aliphatic carbocycles. The monoisotopic (exact) mass is 419 g/mol. The van der Waals surface area contributed by atoms with Gasteiger partial charge in [0.1, 0.15) is 5.75 Å². The summed E-state index contributed by atoms with van der Waals surface area (Å²) in [5, 5.41) is 7.03. The molecule has 1 saturated heterocycles. The Balaban J connectivity index is 1.55. The summed E-state index contributed by atoms with van der Waals surface area (Å²) in [5.74, 6) is 0.381. The number of likely N-dealkylation sites (tertiary alicyclic amines) is 1. The van der Waals surface area contributed by atoms with Crippen LogP contribution in [0.25, 0.3) is 11.3 Å². The summed E-state index contributed by atoms with van der Waals surface area (Å²) in [4.78, 5) is 27.8. The Morgan fingerprint density at radius 3 is 2.29 bits per heavy atom. The maximum absolute atomic E-state index is 13.3. The zero-order valence-electron chi connectivity index (χ0n) is 17.6. The summed E-state index contributed by atoms with van der Waals surface area (Å²) < 4.78 is 10.3. The van der Waals surface area contributed by atoms with Gasteiger partial charge in [-0.05, 0) is 42.7 Å². The van der Waals surface area contributed by atoms with Crippen LogP contribution in [0.5, 0.6) is 5.75 Å². The van der Waals surface area contributed by atoms with Gasteiger partial charge < -0.3 is 14.4 Å². The van der Waals surface area contributed by atoms with Crippen LogP contribution >= 0.6 is 0 Å². The number of aromatic amines is 1. The van der Waals surface area contributed by atoms with Crippen molar-refractivity contribution in [1.29, 1.82) is 0 Å². The van der Waals surface area contributed by atoms with E-state index in [9.17, 15) is 9.59 Å². The molecule has 0 radical (unpaired) electrons. The predicted molar refractivity (Wildman–Crippen MR) is 116 cm³/mol. The van der Waals surface area contributed by atoms with Crippen LogP contribution in [0.2, 0.25) is 0 Å². The second kappa shape index (κ2) is 8.63. The Morgan fingerprint density at radius 1 is 1.00 bits per heavy atom. The van der Waals surface area contributed by atoms with Crippen molar-refractivity contribution in [2.75, 3.05) is 27.3 Å². The van der Waals surface area contributed by atoms with E-state index >= 15 is 0 Å². The van der Waals surface area contributed by atoms with Crippen LogP contribution in [0, 0.1) is 0 Å². The Morgan fingerprint density at radius 2 is 1.68 bits per heavy atom. The quantitative estimate of drug-likeness (QED) is 0.641. The van der Waals surface area contributed by atoms with Crippen molar-refractivity contribution in [3.63, 3.8) is 0 Å². The minimum Gasteiger partial charge on any atom is -0.497 e. The number of carbonyl (C=O) groups excluding carboxylic acids is 2. The fourth-order valence-corrected chi connectivity index (χ4v) is 4.25. The summed E-state index contributed by atoms with van der Waals surface area (Å²) >= 11 is 0.